The molecule has 1 aromatic heterocycles. The van der Waals surface area contributed by atoms with Crippen LogP contribution in [0.3, 0.4) is 0 Å². The Hall–Kier alpha value is -2.29. The van der Waals surface area contributed by atoms with E-state index in [1.54, 1.807) is 7.11 Å². The van der Waals surface area contributed by atoms with Crippen LogP contribution in [0.2, 0.25) is 0 Å². The van der Waals surface area contributed by atoms with Crippen molar-refractivity contribution in [2.24, 2.45) is 17.8 Å². The van der Waals surface area contributed by atoms with Gasteiger partial charge in [-0.2, -0.15) is 0 Å². The fraction of sp³-hybridized carbons (Fsp3) is 0.263. The van der Waals surface area contributed by atoms with Crippen molar-refractivity contribution in [3.8, 4) is 5.75 Å². The van der Waals surface area contributed by atoms with Gasteiger partial charge in [-0.05, 0) is 49.2 Å². The number of hydrogen-bond donors (Lipinski definition) is 2. The van der Waals surface area contributed by atoms with Crippen LogP contribution < -0.4 is 15.8 Å². The molecule has 3 rings (SSSR count). The molecule has 0 aliphatic rings. The van der Waals surface area contributed by atoms with E-state index >= 15 is 0 Å². The number of guanidine groups is 1. The third-order valence-corrected chi connectivity index (χ3v) is 4.07. The summed E-state index contributed by atoms with van der Waals surface area (Å²) in [4.78, 5) is 9.04. The average Bonchev–Trinajstić information content (AvgIpc) is 2.87. The van der Waals surface area contributed by atoms with E-state index in [-0.39, 0.29) is 24.0 Å². The predicted molar refractivity (Wildman–Crippen MR) is 118 cm³/mol. The van der Waals surface area contributed by atoms with Crippen LogP contribution in [0.25, 0.3) is 11.0 Å². The number of hydrogen-bond acceptors (Lipinski definition) is 3. The van der Waals surface area contributed by atoms with Crippen molar-refractivity contribution in [2.45, 2.75) is 20.4 Å². The van der Waals surface area contributed by atoms with Gasteiger partial charge in [-0.15, -0.1) is 24.0 Å². The Morgan fingerprint density at radius 2 is 1.88 bits per heavy atom. The van der Waals surface area contributed by atoms with Crippen molar-refractivity contribution in [3.63, 3.8) is 0 Å². The maximum atomic E-state index is 6.03. The fourth-order valence-corrected chi connectivity index (χ4v) is 2.89. The summed E-state index contributed by atoms with van der Waals surface area (Å²) < 4.78 is 7.26. The predicted octanol–water partition coefficient (Wildman–Crippen LogP) is 3.74. The standard InChI is InChI=1S/C19H23N5O.HI/c1-12-7-13(2)9-14(8-12)22-19(20)21-11-18-23-16-10-15(25-4)5-6-17(16)24(18)3;/h5-10H,11H2,1-4H3,(H3,20,21,22);1H. The van der Waals surface area contributed by atoms with Crippen LogP contribution in [0.1, 0.15) is 17.0 Å². The molecule has 6 nitrogen and oxygen atoms in total. The Balaban J connectivity index is 0.00000243. The van der Waals surface area contributed by atoms with Crippen molar-refractivity contribution < 1.29 is 4.74 Å². The van der Waals surface area contributed by atoms with E-state index in [1.807, 2.05) is 41.9 Å². The molecular formula is C19H24IN5O. The van der Waals surface area contributed by atoms with Gasteiger partial charge in [0, 0.05) is 18.8 Å². The quantitative estimate of drug-likeness (QED) is 0.350. The lowest BCUT2D eigenvalue weighted by Crippen LogP contribution is -2.23. The van der Waals surface area contributed by atoms with Gasteiger partial charge in [0.25, 0.3) is 0 Å². The van der Waals surface area contributed by atoms with Gasteiger partial charge in [0.15, 0.2) is 5.96 Å². The van der Waals surface area contributed by atoms with Crippen molar-refractivity contribution in [1.29, 1.82) is 0 Å². The van der Waals surface area contributed by atoms with Gasteiger partial charge >= 0.3 is 0 Å². The topological polar surface area (TPSA) is 77.5 Å². The highest BCUT2D eigenvalue weighted by atomic mass is 127. The van der Waals surface area contributed by atoms with Crippen LogP contribution >= 0.6 is 24.0 Å². The van der Waals surface area contributed by atoms with Gasteiger partial charge in [-0.1, -0.05) is 6.07 Å². The van der Waals surface area contributed by atoms with E-state index in [0.29, 0.717) is 12.5 Å². The summed E-state index contributed by atoms with van der Waals surface area (Å²) in [5.74, 6) is 2.00. The highest BCUT2D eigenvalue weighted by Crippen LogP contribution is 2.21. The second-order valence-corrected chi connectivity index (χ2v) is 6.14. The van der Waals surface area contributed by atoms with Crippen LogP contribution in [0.4, 0.5) is 5.69 Å². The molecule has 3 N–H and O–H groups in total. The molecule has 2 aromatic carbocycles. The van der Waals surface area contributed by atoms with E-state index in [0.717, 1.165) is 28.3 Å². The molecule has 1 heterocycles. The molecule has 0 spiro atoms. The summed E-state index contributed by atoms with van der Waals surface area (Å²) in [6, 6.07) is 12.0. The first kappa shape index (κ1) is 20.0. The maximum absolute atomic E-state index is 6.03. The Morgan fingerprint density at radius 1 is 1.19 bits per heavy atom. The van der Waals surface area contributed by atoms with Crippen LogP contribution in [0, 0.1) is 13.8 Å². The first-order valence-electron chi connectivity index (χ1n) is 8.11. The molecule has 0 amide bonds. The van der Waals surface area contributed by atoms with E-state index < -0.39 is 0 Å². The lowest BCUT2D eigenvalue weighted by molar-refractivity contribution is 0.415. The minimum atomic E-state index is 0. The second-order valence-electron chi connectivity index (χ2n) is 6.14. The van der Waals surface area contributed by atoms with E-state index in [2.05, 4.69) is 35.2 Å². The molecule has 0 atom stereocenters. The van der Waals surface area contributed by atoms with Crippen molar-refractivity contribution in [1.82, 2.24) is 9.55 Å². The number of methoxy groups -OCH3 is 1. The van der Waals surface area contributed by atoms with Gasteiger partial charge in [-0.3, -0.25) is 0 Å². The van der Waals surface area contributed by atoms with Crippen LogP contribution in [0.5, 0.6) is 5.75 Å². The van der Waals surface area contributed by atoms with Gasteiger partial charge in [0.2, 0.25) is 0 Å². The lowest BCUT2D eigenvalue weighted by Gasteiger charge is -2.08. The monoisotopic (exact) mass is 465 g/mol. The first-order valence-corrected chi connectivity index (χ1v) is 8.11. The molecule has 138 valence electrons. The normalized spacial score (nSPS) is 11.3. The number of aromatic nitrogens is 2. The van der Waals surface area contributed by atoms with Crippen molar-refractivity contribution >= 4 is 46.7 Å². The summed E-state index contributed by atoms with van der Waals surface area (Å²) in [5, 5.41) is 3.14. The number of halogens is 1. The summed E-state index contributed by atoms with van der Waals surface area (Å²) in [6.45, 7) is 4.51. The third-order valence-electron chi connectivity index (χ3n) is 4.07. The maximum Gasteiger partial charge on any atom is 0.193 e. The zero-order chi connectivity index (χ0) is 18.0. The second kappa shape index (κ2) is 8.39. The number of imidazole rings is 1. The zero-order valence-electron chi connectivity index (χ0n) is 15.4. The van der Waals surface area contributed by atoms with Gasteiger partial charge in [0.05, 0.1) is 18.1 Å². The lowest BCUT2D eigenvalue weighted by atomic mass is 10.1. The van der Waals surface area contributed by atoms with Crippen molar-refractivity contribution in [2.75, 3.05) is 12.4 Å². The summed E-state index contributed by atoms with van der Waals surface area (Å²) in [6.07, 6.45) is 0. The van der Waals surface area contributed by atoms with Crippen LogP contribution in [-0.4, -0.2) is 22.6 Å². The van der Waals surface area contributed by atoms with Crippen LogP contribution in [0.15, 0.2) is 41.4 Å². The number of benzene rings is 2. The highest BCUT2D eigenvalue weighted by Gasteiger charge is 2.08. The molecule has 0 radical (unpaired) electrons. The first-order chi connectivity index (χ1) is 12.0. The van der Waals surface area contributed by atoms with Crippen molar-refractivity contribution in [3.05, 3.63) is 53.3 Å². The summed E-state index contributed by atoms with van der Waals surface area (Å²) in [7, 11) is 3.62. The molecule has 3 aromatic rings. The minimum absolute atomic E-state index is 0. The third kappa shape index (κ3) is 4.46. The Morgan fingerprint density at radius 3 is 2.54 bits per heavy atom. The summed E-state index contributed by atoms with van der Waals surface area (Å²) in [5.41, 5.74) is 11.2. The SMILES string of the molecule is COc1ccc2c(c1)nc(CN=C(N)Nc1cc(C)cc(C)c1)n2C.I. The van der Waals surface area contributed by atoms with Gasteiger partial charge in [-0.25, -0.2) is 9.98 Å². The fourth-order valence-electron chi connectivity index (χ4n) is 2.89. The van der Waals surface area contributed by atoms with E-state index in [4.69, 9.17) is 10.5 Å². The molecule has 0 aliphatic carbocycles. The molecular weight excluding hydrogens is 441 g/mol. The number of ether oxygens (including phenoxy) is 1. The van der Waals surface area contributed by atoms with Crippen LogP contribution in [-0.2, 0) is 13.6 Å². The van der Waals surface area contributed by atoms with Gasteiger partial charge < -0.3 is 20.4 Å². The minimum Gasteiger partial charge on any atom is -0.497 e. The highest BCUT2D eigenvalue weighted by molar-refractivity contribution is 14.0. The number of nitrogens with zero attached hydrogens (tertiary/aromatic N) is 3. The van der Waals surface area contributed by atoms with E-state index in [9.17, 15) is 0 Å². The Labute approximate surface area is 170 Å². The molecule has 0 bridgehead atoms. The van der Waals surface area contributed by atoms with Gasteiger partial charge in [0.1, 0.15) is 18.1 Å². The Bertz CT molecular complexity index is 928. The molecule has 26 heavy (non-hydrogen) atoms. The Kier molecular flexibility index (Phi) is 6.47. The average molecular weight is 465 g/mol. The number of aryl methyl sites for hydroxylation is 3. The summed E-state index contributed by atoms with van der Waals surface area (Å²) >= 11 is 0. The molecule has 0 aliphatic heterocycles. The smallest absolute Gasteiger partial charge is 0.193 e. The number of anilines is 1. The molecule has 0 fully saturated rings. The molecule has 0 saturated carbocycles. The molecule has 7 heteroatoms. The molecule has 0 unspecified atom stereocenters. The number of fused-ring (bicyclic) bond motifs is 1. The molecule has 0 saturated heterocycles. The van der Waals surface area contributed by atoms with E-state index in [1.165, 1.54) is 11.1 Å². The number of aliphatic imine (C=N–C) groups is 1. The number of nitrogens with one attached hydrogen (secondary N) is 1. The largest absolute Gasteiger partial charge is 0.497 e. The zero-order valence-corrected chi connectivity index (χ0v) is 17.7. The number of rotatable bonds is 4. The number of nitrogens with two attached hydrogens (primary N) is 1.